The van der Waals surface area contributed by atoms with Crippen molar-refractivity contribution < 1.29 is 19.1 Å². The van der Waals surface area contributed by atoms with Gasteiger partial charge >= 0.3 is 11.9 Å². The number of methoxy groups -OCH3 is 2. The Kier molecular flexibility index (Phi) is 5.01. The Morgan fingerprint density at radius 2 is 1.74 bits per heavy atom. The third kappa shape index (κ3) is 3.18. The summed E-state index contributed by atoms with van der Waals surface area (Å²) >= 11 is 0. The van der Waals surface area contributed by atoms with E-state index in [4.69, 9.17) is 9.47 Å². The van der Waals surface area contributed by atoms with E-state index < -0.39 is 11.9 Å². The Balaban J connectivity index is 2.75. The zero-order chi connectivity index (χ0) is 17.0. The van der Waals surface area contributed by atoms with Gasteiger partial charge < -0.3 is 14.4 Å². The van der Waals surface area contributed by atoms with Crippen LogP contribution in [-0.2, 0) is 19.1 Å². The van der Waals surface area contributed by atoms with E-state index in [-0.39, 0.29) is 17.2 Å². The van der Waals surface area contributed by atoms with E-state index in [9.17, 15) is 9.59 Å². The molecule has 2 rings (SSSR count). The summed E-state index contributed by atoms with van der Waals surface area (Å²) in [6.07, 6.45) is 5.01. The number of hydrogen-bond acceptors (Lipinski definition) is 5. The molecule has 1 aliphatic rings. The van der Waals surface area contributed by atoms with Crippen molar-refractivity contribution in [2.45, 2.75) is 6.04 Å². The molecule has 1 heterocycles. The Hall–Kier alpha value is -2.82. The van der Waals surface area contributed by atoms with Crippen LogP contribution in [-0.4, -0.2) is 38.1 Å². The zero-order valence-electron chi connectivity index (χ0n) is 13.4. The van der Waals surface area contributed by atoms with Crippen LogP contribution in [0.3, 0.4) is 0 Å². The van der Waals surface area contributed by atoms with Crippen LogP contribution in [0.2, 0.25) is 0 Å². The lowest BCUT2D eigenvalue weighted by molar-refractivity contribution is -0.139. The van der Waals surface area contributed by atoms with E-state index >= 15 is 0 Å². The third-order valence-electron chi connectivity index (χ3n) is 3.71. The Morgan fingerprint density at radius 1 is 1.13 bits per heavy atom. The van der Waals surface area contributed by atoms with Crippen molar-refractivity contribution in [3.63, 3.8) is 0 Å². The first-order valence-corrected chi connectivity index (χ1v) is 7.07. The average molecular weight is 313 g/mol. The van der Waals surface area contributed by atoms with Gasteiger partial charge in [-0.1, -0.05) is 30.3 Å². The summed E-state index contributed by atoms with van der Waals surface area (Å²) in [4.78, 5) is 26.1. The summed E-state index contributed by atoms with van der Waals surface area (Å²) in [7, 11) is 4.36. The van der Waals surface area contributed by atoms with Crippen molar-refractivity contribution >= 4 is 18.0 Å². The second-order valence-electron chi connectivity index (χ2n) is 5.06. The first kappa shape index (κ1) is 16.5. The van der Waals surface area contributed by atoms with Crippen LogP contribution >= 0.6 is 0 Å². The molecule has 1 aromatic rings. The highest BCUT2D eigenvalue weighted by molar-refractivity contribution is 6.10. The average Bonchev–Trinajstić information content (AvgIpc) is 2.57. The first-order chi connectivity index (χ1) is 11.0. The SMILES string of the molecule is C=CC1c2ccccc2/C=C(C(=O)OC)\C(C(=O)OC)=C/N1C. The summed E-state index contributed by atoms with van der Waals surface area (Å²) in [6, 6.07) is 7.49. The first-order valence-electron chi connectivity index (χ1n) is 7.07. The van der Waals surface area contributed by atoms with Crippen molar-refractivity contribution in [2.24, 2.45) is 0 Å². The number of hydrogen-bond donors (Lipinski definition) is 0. The molecule has 0 radical (unpaired) electrons. The molecule has 1 atom stereocenters. The topological polar surface area (TPSA) is 55.8 Å². The van der Waals surface area contributed by atoms with Crippen LogP contribution in [0.4, 0.5) is 0 Å². The molecule has 0 aromatic heterocycles. The Labute approximate surface area is 135 Å². The predicted octanol–water partition coefficient (Wildman–Crippen LogP) is 2.47. The van der Waals surface area contributed by atoms with E-state index in [0.717, 1.165) is 11.1 Å². The van der Waals surface area contributed by atoms with Crippen molar-refractivity contribution in [1.82, 2.24) is 4.90 Å². The number of esters is 2. The summed E-state index contributed by atoms with van der Waals surface area (Å²) in [6.45, 7) is 3.87. The highest BCUT2D eigenvalue weighted by Crippen LogP contribution is 2.31. The van der Waals surface area contributed by atoms with Gasteiger partial charge in [-0.15, -0.1) is 6.58 Å². The number of ether oxygens (including phenoxy) is 2. The molecule has 1 unspecified atom stereocenters. The molecule has 5 heteroatoms. The van der Waals surface area contributed by atoms with Crippen molar-refractivity contribution in [3.8, 4) is 0 Å². The van der Waals surface area contributed by atoms with Crippen LogP contribution in [0.5, 0.6) is 0 Å². The van der Waals surface area contributed by atoms with Gasteiger partial charge in [-0.2, -0.15) is 0 Å². The number of carbonyl (C=O) groups excluding carboxylic acids is 2. The highest BCUT2D eigenvalue weighted by Gasteiger charge is 2.27. The van der Waals surface area contributed by atoms with E-state index in [1.807, 2.05) is 36.2 Å². The van der Waals surface area contributed by atoms with Gasteiger partial charge in [0.25, 0.3) is 0 Å². The lowest BCUT2D eigenvalue weighted by Crippen LogP contribution is -2.24. The van der Waals surface area contributed by atoms with Gasteiger partial charge in [-0.05, 0) is 17.2 Å². The molecule has 1 aliphatic heterocycles. The standard InChI is InChI=1S/C18H19NO4/c1-5-16-13-9-7-6-8-12(13)10-14(17(20)22-3)15(11-19(16)2)18(21)23-4/h5-11,16H,1H2,2-4H3/b14-10+,15-11+. The largest absolute Gasteiger partial charge is 0.465 e. The molecule has 23 heavy (non-hydrogen) atoms. The minimum absolute atomic E-state index is 0.138. The van der Waals surface area contributed by atoms with Gasteiger partial charge in [0.15, 0.2) is 0 Å². The van der Waals surface area contributed by atoms with E-state index in [0.29, 0.717) is 0 Å². The van der Waals surface area contributed by atoms with Crippen LogP contribution in [0.25, 0.3) is 6.08 Å². The van der Waals surface area contributed by atoms with Gasteiger partial charge in [-0.3, -0.25) is 0 Å². The quantitative estimate of drug-likeness (QED) is 0.634. The molecule has 0 N–H and O–H groups in total. The van der Waals surface area contributed by atoms with Crippen molar-refractivity contribution in [2.75, 3.05) is 21.3 Å². The second kappa shape index (κ2) is 6.96. The number of rotatable bonds is 3. The van der Waals surface area contributed by atoms with Crippen molar-refractivity contribution in [3.05, 3.63) is 65.4 Å². The molecule has 0 spiro atoms. The predicted molar refractivity (Wildman–Crippen MR) is 87.2 cm³/mol. The van der Waals surface area contributed by atoms with Gasteiger partial charge in [-0.25, -0.2) is 9.59 Å². The number of carbonyl (C=O) groups is 2. The maximum absolute atomic E-state index is 12.2. The number of likely N-dealkylation sites (N-methyl/N-ethyl adjacent to an activating group) is 1. The number of nitrogens with zero attached hydrogens (tertiary/aromatic N) is 1. The Morgan fingerprint density at radius 3 is 2.35 bits per heavy atom. The number of benzene rings is 1. The Bertz CT molecular complexity index is 703. The fraction of sp³-hybridized carbons (Fsp3) is 0.222. The summed E-state index contributed by atoms with van der Waals surface area (Å²) < 4.78 is 9.63. The fourth-order valence-corrected chi connectivity index (χ4v) is 2.56. The minimum atomic E-state index is -0.601. The molecule has 0 bridgehead atoms. The molecule has 0 saturated carbocycles. The highest BCUT2D eigenvalue weighted by atomic mass is 16.5. The van der Waals surface area contributed by atoms with E-state index in [1.165, 1.54) is 14.2 Å². The van der Waals surface area contributed by atoms with E-state index in [2.05, 4.69) is 6.58 Å². The van der Waals surface area contributed by atoms with Crippen molar-refractivity contribution in [1.29, 1.82) is 0 Å². The third-order valence-corrected chi connectivity index (χ3v) is 3.71. The molecule has 0 amide bonds. The van der Waals surface area contributed by atoms with Crippen LogP contribution < -0.4 is 0 Å². The molecule has 5 nitrogen and oxygen atoms in total. The molecule has 0 fully saturated rings. The molecular formula is C18H19NO4. The molecule has 1 aromatic carbocycles. The maximum atomic E-state index is 12.2. The van der Waals surface area contributed by atoms with Gasteiger partial charge in [0.2, 0.25) is 0 Å². The summed E-state index contributed by atoms with van der Waals surface area (Å²) in [5, 5.41) is 0. The molecular weight excluding hydrogens is 294 g/mol. The smallest absolute Gasteiger partial charge is 0.340 e. The van der Waals surface area contributed by atoms with Crippen LogP contribution in [0.1, 0.15) is 17.2 Å². The number of fused-ring (bicyclic) bond motifs is 1. The summed E-state index contributed by atoms with van der Waals surface area (Å²) in [5.74, 6) is -1.20. The minimum Gasteiger partial charge on any atom is -0.465 e. The van der Waals surface area contributed by atoms with Crippen LogP contribution in [0.15, 0.2) is 54.3 Å². The normalized spacial score (nSPS) is 21.5. The molecule has 0 saturated heterocycles. The fourth-order valence-electron chi connectivity index (χ4n) is 2.56. The zero-order valence-corrected chi connectivity index (χ0v) is 13.4. The van der Waals surface area contributed by atoms with Gasteiger partial charge in [0.1, 0.15) is 0 Å². The lowest BCUT2D eigenvalue weighted by Gasteiger charge is -2.28. The molecule has 120 valence electrons. The monoisotopic (exact) mass is 313 g/mol. The van der Waals surface area contributed by atoms with Crippen LogP contribution in [0, 0.1) is 0 Å². The maximum Gasteiger partial charge on any atom is 0.340 e. The van der Waals surface area contributed by atoms with Gasteiger partial charge in [0, 0.05) is 13.2 Å². The second-order valence-corrected chi connectivity index (χ2v) is 5.06. The van der Waals surface area contributed by atoms with E-state index in [1.54, 1.807) is 18.4 Å². The lowest BCUT2D eigenvalue weighted by atomic mass is 9.93. The summed E-state index contributed by atoms with van der Waals surface area (Å²) in [5.41, 5.74) is 2.09. The van der Waals surface area contributed by atoms with Gasteiger partial charge in [0.05, 0.1) is 31.4 Å². The molecule has 0 aliphatic carbocycles.